The van der Waals surface area contributed by atoms with E-state index < -0.39 is 27.6 Å². The van der Waals surface area contributed by atoms with Gasteiger partial charge in [-0.05, 0) is 31.2 Å². The Morgan fingerprint density at radius 1 is 1.16 bits per heavy atom. The molecule has 32 heavy (non-hydrogen) atoms. The molecule has 1 N–H and O–H groups in total. The second kappa shape index (κ2) is 9.65. The van der Waals surface area contributed by atoms with Gasteiger partial charge in [0.05, 0.1) is 29.9 Å². The van der Waals surface area contributed by atoms with Crippen LogP contribution in [0.25, 0.3) is 0 Å². The predicted octanol–water partition coefficient (Wildman–Crippen LogP) is 3.10. The van der Waals surface area contributed by atoms with Crippen LogP contribution in [-0.2, 0) is 28.4 Å². The highest BCUT2D eigenvalue weighted by Gasteiger charge is 2.22. The maximum absolute atomic E-state index is 13.7. The summed E-state index contributed by atoms with van der Waals surface area (Å²) in [6.07, 6.45) is 1.11. The van der Waals surface area contributed by atoms with E-state index in [9.17, 15) is 22.0 Å². The minimum atomic E-state index is -3.59. The molecule has 0 atom stereocenters. The van der Waals surface area contributed by atoms with Crippen molar-refractivity contribution >= 4 is 39.1 Å². The van der Waals surface area contributed by atoms with E-state index in [2.05, 4.69) is 15.5 Å². The molecule has 1 heterocycles. The maximum atomic E-state index is 13.7. The molecule has 1 amide bonds. The van der Waals surface area contributed by atoms with Crippen molar-refractivity contribution in [2.75, 3.05) is 21.6 Å². The topological polar surface area (TPSA) is 97.2 Å². The van der Waals surface area contributed by atoms with Crippen LogP contribution in [0.1, 0.15) is 11.4 Å². The molecule has 0 spiro atoms. The molecular formula is C20H21F2N5O3S2. The lowest BCUT2D eigenvalue weighted by molar-refractivity contribution is -0.113. The number of hydrogen-bond acceptors (Lipinski definition) is 6. The zero-order valence-electron chi connectivity index (χ0n) is 17.5. The monoisotopic (exact) mass is 481 g/mol. The van der Waals surface area contributed by atoms with Crippen molar-refractivity contribution in [3.63, 3.8) is 0 Å². The third-order valence-corrected chi connectivity index (χ3v) is 6.63. The van der Waals surface area contributed by atoms with Gasteiger partial charge in [-0.1, -0.05) is 29.5 Å². The standard InChI is InChI=1S/C20H21F2N5O3S2/c1-13-4-7-15(8-5-13)27(32(3,29)30)11-18-24-25-20(26(18)2)31-12-19(28)23-17-10-14(21)6-9-16(17)22/h4-10H,11-12H2,1-3H3,(H,23,28). The van der Waals surface area contributed by atoms with Crippen LogP contribution in [0, 0.1) is 18.6 Å². The predicted molar refractivity (Wildman–Crippen MR) is 119 cm³/mol. The van der Waals surface area contributed by atoms with Crippen molar-refractivity contribution < 1.29 is 22.0 Å². The number of hydrogen-bond donors (Lipinski definition) is 1. The number of sulfonamides is 1. The fourth-order valence-corrected chi connectivity index (χ4v) is 4.34. The van der Waals surface area contributed by atoms with Gasteiger partial charge in [-0.3, -0.25) is 9.10 Å². The average Bonchev–Trinajstić information content (AvgIpc) is 3.07. The lowest BCUT2D eigenvalue weighted by Gasteiger charge is -2.22. The Balaban J connectivity index is 1.69. The van der Waals surface area contributed by atoms with E-state index >= 15 is 0 Å². The molecule has 8 nitrogen and oxygen atoms in total. The fraction of sp³-hybridized carbons (Fsp3) is 0.250. The molecule has 0 radical (unpaired) electrons. The van der Waals surface area contributed by atoms with E-state index in [-0.39, 0.29) is 18.0 Å². The van der Waals surface area contributed by atoms with Crippen LogP contribution >= 0.6 is 11.8 Å². The van der Waals surface area contributed by atoms with Gasteiger partial charge in [0, 0.05) is 13.1 Å². The molecule has 3 rings (SSSR count). The Morgan fingerprint density at radius 3 is 2.50 bits per heavy atom. The molecule has 0 aliphatic heterocycles. The lowest BCUT2D eigenvalue weighted by atomic mass is 10.2. The number of halogens is 2. The highest BCUT2D eigenvalue weighted by atomic mass is 32.2. The van der Waals surface area contributed by atoms with Crippen LogP contribution in [0.15, 0.2) is 47.6 Å². The Morgan fingerprint density at radius 2 is 1.84 bits per heavy atom. The number of nitrogens with one attached hydrogen (secondary N) is 1. The summed E-state index contributed by atoms with van der Waals surface area (Å²) in [5, 5.41) is 10.7. The number of nitrogens with zero attached hydrogens (tertiary/aromatic N) is 4. The van der Waals surface area contributed by atoms with Crippen LogP contribution in [0.4, 0.5) is 20.2 Å². The van der Waals surface area contributed by atoms with Gasteiger partial charge in [0.15, 0.2) is 11.0 Å². The molecular weight excluding hydrogens is 460 g/mol. The molecule has 0 bridgehead atoms. The largest absolute Gasteiger partial charge is 0.323 e. The molecule has 3 aromatic rings. The third kappa shape index (κ3) is 5.82. The van der Waals surface area contributed by atoms with Gasteiger partial charge in [-0.2, -0.15) is 0 Å². The fourth-order valence-electron chi connectivity index (χ4n) is 2.76. The molecule has 0 aliphatic rings. The SMILES string of the molecule is Cc1ccc(N(Cc2nnc(SCC(=O)Nc3cc(F)ccc3F)n2C)S(C)(=O)=O)cc1. The summed E-state index contributed by atoms with van der Waals surface area (Å²) in [6, 6.07) is 9.81. The van der Waals surface area contributed by atoms with Gasteiger partial charge in [0.2, 0.25) is 15.9 Å². The molecule has 0 aliphatic carbocycles. The van der Waals surface area contributed by atoms with Gasteiger partial charge < -0.3 is 9.88 Å². The Hall–Kier alpha value is -2.99. The van der Waals surface area contributed by atoms with E-state index in [0.29, 0.717) is 16.7 Å². The molecule has 0 saturated carbocycles. The van der Waals surface area contributed by atoms with Crippen LogP contribution < -0.4 is 9.62 Å². The van der Waals surface area contributed by atoms with E-state index in [4.69, 9.17) is 0 Å². The van der Waals surface area contributed by atoms with Crippen molar-refractivity contribution in [3.8, 4) is 0 Å². The number of anilines is 2. The Labute approximate surface area is 188 Å². The Kier molecular flexibility index (Phi) is 7.14. The first kappa shape index (κ1) is 23.7. The van der Waals surface area contributed by atoms with Gasteiger partial charge in [-0.25, -0.2) is 17.2 Å². The van der Waals surface area contributed by atoms with Crippen molar-refractivity contribution in [3.05, 3.63) is 65.5 Å². The average molecular weight is 482 g/mol. The molecule has 12 heteroatoms. The number of carbonyl (C=O) groups is 1. The summed E-state index contributed by atoms with van der Waals surface area (Å²) < 4.78 is 54.4. The van der Waals surface area contributed by atoms with Crippen LogP contribution in [0.2, 0.25) is 0 Å². The first-order valence-corrected chi connectivity index (χ1v) is 12.2. The third-order valence-electron chi connectivity index (χ3n) is 4.47. The van der Waals surface area contributed by atoms with Gasteiger partial charge in [0.1, 0.15) is 11.6 Å². The van der Waals surface area contributed by atoms with Crippen LogP contribution in [0.3, 0.4) is 0 Å². The second-order valence-corrected chi connectivity index (χ2v) is 9.87. The smallest absolute Gasteiger partial charge is 0.234 e. The molecule has 0 saturated heterocycles. The first-order chi connectivity index (χ1) is 15.0. The first-order valence-electron chi connectivity index (χ1n) is 9.35. The lowest BCUT2D eigenvalue weighted by Crippen LogP contribution is -2.30. The number of benzene rings is 2. The summed E-state index contributed by atoms with van der Waals surface area (Å²) in [5.74, 6) is -1.73. The number of amides is 1. The van der Waals surface area contributed by atoms with Gasteiger partial charge in [0.25, 0.3) is 0 Å². The quantitative estimate of drug-likeness (QED) is 0.497. The van der Waals surface area contributed by atoms with E-state index in [1.165, 1.54) is 4.31 Å². The summed E-state index contributed by atoms with van der Waals surface area (Å²) in [7, 11) is -1.94. The second-order valence-electron chi connectivity index (χ2n) is 7.02. The summed E-state index contributed by atoms with van der Waals surface area (Å²) in [4.78, 5) is 12.1. The van der Waals surface area contributed by atoms with Gasteiger partial charge >= 0.3 is 0 Å². The minimum Gasteiger partial charge on any atom is -0.323 e. The van der Waals surface area contributed by atoms with Crippen LogP contribution in [-0.4, -0.2) is 41.1 Å². The summed E-state index contributed by atoms with van der Waals surface area (Å²) in [6.45, 7) is 1.85. The highest BCUT2D eigenvalue weighted by Crippen LogP contribution is 2.23. The normalized spacial score (nSPS) is 11.4. The van der Waals surface area contributed by atoms with Crippen LogP contribution in [0.5, 0.6) is 0 Å². The zero-order chi connectivity index (χ0) is 23.5. The summed E-state index contributed by atoms with van der Waals surface area (Å²) in [5.41, 5.74) is 1.24. The zero-order valence-corrected chi connectivity index (χ0v) is 19.2. The highest BCUT2D eigenvalue weighted by molar-refractivity contribution is 7.99. The Bertz CT molecular complexity index is 1230. The number of thioether (sulfide) groups is 1. The van der Waals surface area contributed by atoms with Crippen molar-refractivity contribution in [1.29, 1.82) is 0 Å². The number of carbonyl (C=O) groups excluding carboxylic acids is 1. The summed E-state index contributed by atoms with van der Waals surface area (Å²) >= 11 is 1.03. The molecule has 0 fully saturated rings. The van der Waals surface area contributed by atoms with E-state index in [0.717, 1.165) is 41.8 Å². The van der Waals surface area contributed by atoms with E-state index in [1.54, 1.807) is 23.7 Å². The molecule has 170 valence electrons. The van der Waals surface area contributed by atoms with E-state index in [1.807, 2.05) is 19.1 Å². The molecule has 1 aromatic heterocycles. The maximum Gasteiger partial charge on any atom is 0.234 e. The molecule has 0 unspecified atom stereocenters. The minimum absolute atomic E-state index is 0.0490. The molecule has 2 aromatic carbocycles. The van der Waals surface area contributed by atoms with Crippen molar-refractivity contribution in [2.24, 2.45) is 7.05 Å². The van der Waals surface area contributed by atoms with Crippen molar-refractivity contribution in [1.82, 2.24) is 14.8 Å². The number of rotatable bonds is 8. The van der Waals surface area contributed by atoms with Crippen molar-refractivity contribution in [2.45, 2.75) is 18.6 Å². The van der Waals surface area contributed by atoms with Gasteiger partial charge in [-0.15, -0.1) is 10.2 Å². The number of aromatic nitrogens is 3. The number of aryl methyl sites for hydroxylation is 1.